The molecular weight excluding hydrogens is 287 g/mol. The third-order valence-electron chi connectivity index (χ3n) is 2.56. The predicted molar refractivity (Wildman–Crippen MR) is 78.9 cm³/mol. The van der Waals surface area contributed by atoms with Crippen LogP contribution in [0.25, 0.3) is 0 Å². The molecule has 0 spiro atoms. The molecule has 1 rings (SSSR count). The number of nitrogens with two attached hydrogens (primary N) is 1. The normalized spacial score (nSPS) is 12.0. The van der Waals surface area contributed by atoms with Gasteiger partial charge in [0.05, 0.1) is 15.7 Å². The summed E-state index contributed by atoms with van der Waals surface area (Å²) in [7, 11) is 0. The van der Waals surface area contributed by atoms with E-state index in [4.69, 9.17) is 33.7 Å². The van der Waals surface area contributed by atoms with E-state index in [0.717, 1.165) is 12.8 Å². The summed E-state index contributed by atoms with van der Waals surface area (Å²) in [6.45, 7) is 4.35. The van der Waals surface area contributed by atoms with Crippen molar-refractivity contribution in [1.29, 1.82) is 0 Å². The van der Waals surface area contributed by atoms with Crippen molar-refractivity contribution in [1.82, 2.24) is 5.32 Å². The smallest absolute Gasteiger partial charge is 0.260 e. The molecule has 0 aliphatic heterocycles. The van der Waals surface area contributed by atoms with Crippen LogP contribution in [-0.4, -0.2) is 18.6 Å². The van der Waals surface area contributed by atoms with E-state index in [1.54, 1.807) is 6.92 Å². The number of amides is 1. The number of carbonyl (C=O) groups is 1. The van der Waals surface area contributed by atoms with Gasteiger partial charge in [0.25, 0.3) is 5.91 Å². The van der Waals surface area contributed by atoms with Crippen LogP contribution in [-0.2, 0) is 4.79 Å². The number of unbranched alkanes of at least 4 members (excludes halogenated alkanes) is 1. The minimum absolute atomic E-state index is 0.182. The molecule has 0 aliphatic rings. The highest BCUT2D eigenvalue weighted by atomic mass is 35.5. The van der Waals surface area contributed by atoms with E-state index in [1.165, 1.54) is 12.1 Å². The highest BCUT2D eigenvalue weighted by Crippen LogP contribution is 2.32. The summed E-state index contributed by atoms with van der Waals surface area (Å²) in [5, 5.41) is 3.48. The Kier molecular flexibility index (Phi) is 6.25. The number of halogens is 2. The molecule has 0 bridgehead atoms. The first kappa shape index (κ1) is 15.9. The van der Waals surface area contributed by atoms with Crippen LogP contribution in [0, 0.1) is 0 Å². The van der Waals surface area contributed by atoms with Gasteiger partial charge < -0.3 is 15.8 Å². The second-order valence-corrected chi connectivity index (χ2v) is 5.02. The Bertz CT molecular complexity index is 453. The van der Waals surface area contributed by atoms with E-state index in [-0.39, 0.29) is 5.91 Å². The highest BCUT2D eigenvalue weighted by molar-refractivity contribution is 6.42. The third-order valence-corrected chi connectivity index (χ3v) is 3.28. The summed E-state index contributed by atoms with van der Waals surface area (Å²) in [6.07, 6.45) is 1.32. The first-order valence-electron chi connectivity index (χ1n) is 6.14. The summed E-state index contributed by atoms with van der Waals surface area (Å²) < 4.78 is 5.49. The van der Waals surface area contributed by atoms with Crippen molar-refractivity contribution in [2.75, 3.05) is 12.3 Å². The SMILES string of the molecule is CCCCNC(=O)C(C)Oc1cc(Cl)c(Cl)cc1N. The highest BCUT2D eigenvalue weighted by Gasteiger charge is 2.16. The number of carbonyl (C=O) groups excluding carboxylic acids is 1. The van der Waals surface area contributed by atoms with Gasteiger partial charge in [-0.1, -0.05) is 36.5 Å². The number of rotatable bonds is 6. The fourth-order valence-corrected chi connectivity index (χ4v) is 1.75. The lowest BCUT2D eigenvalue weighted by molar-refractivity contribution is -0.127. The van der Waals surface area contributed by atoms with Crippen molar-refractivity contribution >= 4 is 34.8 Å². The molecule has 1 atom stereocenters. The average Bonchev–Trinajstić information content (AvgIpc) is 2.36. The van der Waals surface area contributed by atoms with Gasteiger partial charge in [0, 0.05) is 12.6 Å². The molecule has 1 amide bonds. The van der Waals surface area contributed by atoms with Crippen LogP contribution in [0.2, 0.25) is 10.0 Å². The molecule has 19 heavy (non-hydrogen) atoms. The number of ether oxygens (including phenoxy) is 1. The van der Waals surface area contributed by atoms with Gasteiger partial charge >= 0.3 is 0 Å². The van der Waals surface area contributed by atoms with E-state index in [2.05, 4.69) is 12.2 Å². The van der Waals surface area contributed by atoms with Gasteiger partial charge in [-0.25, -0.2) is 0 Å². The van der Waals surface area contributed by atoms with Crippen molar-refractivity contribution in [2.24, 2.45) is 0 Å². The molecule has 0 saturated heterocycles. The Morgan fingerprint density at radius 2 is 2.05 bits per heavy atom. The topological polar surface area (TPSA) is 64.3 Å². The second kappa shape index (κ2) is 7.46. The van der Waals surface area contributed by atoms with E-state index in [1.807, 2.05) is 0 Å². The van der Waals surface area contributed by atoms with Gasteiger partial charge in [0.2, 0.25) is 0 Å². The summed E-state index contributed by atoms with van der Waals surface area (Å²) >= 11 is 11.7. The molecule has 6 heteroatoms. The predicted octanol–water partition coefficient (Wildman–Crippen LogP) is 3.26. The van der Waals surface area contributed by atoms with Gasteiger partial charge in [-0.15, -0.1) is 0 Å². The van der Waals surface area contributed by atoms with Crippen molar-refractivity contribution in [3.8, 4) is 5.75 Å². The van der Waals surface area contributed by atoms with Crippen LogP contribution < -0.4 is 15.8 Å². The van der Waals surface area contributed by atoms with Gasteiger partial charge in [0.15, 0.2) is 6.10 Å². The monoisotopic (exact) mass is 304 g/mol. The lowest BCUT2D eigenvalue weighted by Crippen LogP contribution is -2.36. The van der Waals surface area contributed by atoms with E-state index >= 15 is 0 Å². The van der Waals surface area contributed by atoms with Crippen LogP contribution in [0.1, 0.15) is 26.7 Å². The Morgan fingerprint density at radius 3 is 2.68 bits per heavy atom. The molecule has 106 valence electrons. The minimum Gasteiger partial charge on any atom is -0.479 e. The maximum Gasteiger partial charge on any atom is 0.260 e. The van der Waals surface area contributed by atoms with Gasteiger partial charge in [-0.05, 0) is 19.4 Å². The molecule has 1 aromatic rings. The number of benzene rings is 1. The number of nitrogen functional groups attached to an aromatic ring is 1. The Hall–Kier alpha value is -1.13. The summed E-state index contributed by atoms with van der Waals surface area (Å²) in [5.41, 5.74) is 6.11. The number of anilines is 1. The molecule has 1 unspecified atom stereocenters. The zero-order valence-corrected chi connectivity index (χ0v) is 12.5. The van der Waals surface area contributed by atoms with Crippen molar-refractivity contribution < 1.29 is 9.53 Å². The Morgan fingerprint density at radius 1 is 1.42 bits per heavy atom. The molecule has 1 aromatic carbocycles. The summed E-state index contributed by atoms with van der Waals surface area (Å²) in [4.78, 5) is 11.7. The zero-order chi connectivity index (χ0) is 14.4. The maximum atomic E-state index is 11.7. The van der Waals surface area contributed by atoms with Crippen molar-refractivity contribution in [3.63, 3.8) is 0 Å². The lowest BCUT2D eigenvalue weighted by Gasteiger charge is -2.16. The number of nitrogens with one attached hydrogen (secondary N) is 1. The van der Waals surface area contributed by atoms with Crippen LogP contribution in [0.4, 0.5) is 5.69 Å². The standard InChI is InChI=1S/C13H18Cl2N2O2/c1-3-4-5-17-13(18)8(2)19-12-7-10(15)9(14)6-11(12)16/h6-8H,3-5,16H2,1-2H3,(H,17,18). The van der Waals surface area contributed by atoms with Crippen molar-refractivity contribution in [3.05, 3.63) is 22.2 Å². The molecule has 0 aliphatic carbocycles. The van der Waals surface area contributed by atoms with Gasteiger partial charge in [-0.2, -0.15) is 0 Å². The molecule has 0 radical (unpaired) electrons. The Balaban J connectivity index is 2.63. The third kappa shape index (κ3) is 4.80. The summed E-state index contributed by atoms with van der Waals surface area (Å²) in [5.74, 6) is 0.173. The van der Waals surface area contributed by atoms with Gasteiger partial charge in [-0.3, -0.25) is 4.79 Å². The fraction of sp³-hybridized carbons (Fsp3) is 0.462. The lowest BCUT2D eigenvalue weighted by atomic mass is 10.3. The summed E-state index contributed by atoms with van der Waals surface area (Å²) in [6, 6.07) is 3.01. The first-order valence-corrected chi connectivity index (χ1v) is 6.90. The minimum atomic E-state index is -0.642. The molecular formula is C13H18Cl2N2O2. The van der Waals surface area contributed by atoms with Crippen LogP contribution >= 0.6 is 23.2 Å². The van der Waals surface area contributed by atoms with Gasteiger partial charge in [0.1, 0.15) is 5.75 Å². The molecule has 0 fully saturated rings. The van der Waals surface area contributed by atoms with Crippen LogP contribution in [0.3, 0.4) is 0 Å². The average molecular weight is 305 g/mol. The molecule has 4 nitrogen and oxygen atoms in total. The molecule has 0 heterocycles. The largest absolute Gasteiger partial charge is 0.479 e. The van der Waals surface area contributed by atoms with E-state index in [9.17, 15) is 4.79 Å². The number of hydrogen-bond acceptors (Lipinski definition) is 3. The Labute approximate surface area is 123 Å². The fourth-order valence-electron chi connectivity index (χ4n) is 1.42. The van der Waals surface area contributed by atoms with E-state index < -0.39 is 6.10 Å². The second-order valence-electron chi connectivity index (χ2n) is 4.21. The molecule has 0 saturated carbocycles. The zero-order valence-electron chi connectivity index (χ0n) is 11.0. The van der Waals surface area contributed by atoms with Crippen molar-refractivity contribution in [2.45, 2.75) is 32.8 Å². The quantitative estimate of drug-likeness (QED) is 0.626. The van der Waals surface area contributed by atoms with Crippen LogP contribution in [0.15, 0.2) is 12.1 Å². The van der Waals surface area contributed by atoms with Crippen LogP contribution in [0.5, 0.6) is 5.75 Å². The first-order chi connectivity index (χ1) is 8.95. The maximum absolute atomic E-state index is 11.7. The molecule has 0 aromatic heterocycles. The molecule has 3 N–H and O–H groups in total. The van der Waals surface area contributed by atoms with E-state index in [0.29, 0.717) is 28.0 Å². The number of hydrogen-bond donors (Lipinski definition) is 2.